The zero-order valence-corrected chi connectivity index (χ0v) is 11.7. The van der Waals surface area contributed by atoms with Gasteiger partial charge in [0.1, 0.15) is 0 Å². The van der Waals surface area contributed by atoms with Crippen molar-refractivity contribution in [2.45, 2.75) is 38.1 Å². The van der Waals surface area contributed by atoms with Gasteiger partial charge in [-0.25, -0.2) is 0 Å². The van der Waals surface area contributed by atoms with E-state index < -0.39 is 11.8 Å². The molecule has 0 heterocycles. The number of likely N-dealkylation sites (N-methyl/N-ethyl adjacent to an activating group) is 2. The van der Waals surface area contributed by atoms with E-state index in [9.17, 15) is 9.59 Å². The first-order valence-electron chi connectivity index (χ1n) is 6.72. The Labute approximate surface area is 110 Å². The van der Waals surface area contributed by atoms with Crippen molar-refractivity contribution in [3.63, 3.8) is 0 Å². The van der Waals surface area contributed by atoms with E-state index in [0.29, 0.717) is 6.54 Å². The van der Waals surface area contributed by atoms with Gasteiger partial charge in [-0.3, -0.25) is 9.59 Å². The molecule has 1 rings (SSSR count). The average molecular weight is 255 g/mol. The van der Waals surface area contributed by atoms with E-state index in [1.807, 2.05) is 19.0 Å². The third kappa shape index (κ3) is 4.64. The topological polar surface area (TPSA) is 52.7 Å². The van der Waals surface area contributed by atoms with E-state index in [0.717, 1.165) is 32.2 Å². The van der Waals surface area contributed by atoms with Crippen LogP contribution >= 0.6 is 0 Å². The molecule has 0 aromatic rings. The summed E-state index contributed by atoms with van der Waals surface area (Å²) in [5.41, 5.74) is 0. The number of rotatable bonds is 4. The highest BCUT2D eigenvalue weighted by atomic mass is 16.2. The Bertz CT molecular complexity index is 286. The van der Waals surface area contributed by atoms with E-state index in [4.69, 9.17) is 0 Å². The average Bonchev–Trinajstić information content (AvgIpc) is 2.37. The van der Waals surface area contributed by atoms with E-state index in [1.165, 1.54) is 6.42 Å². The first-order chi connectivity index (χ1) is 8.52. The molecule has 0 aromatic carbocycles. The van der Waals surface area contributed by atoms with Crippen molar-refractivity contribution >= 4 is 11.8 Å². The summed E-state index contributed by atoms with van der Waals surface area (Å²) in [4.78, 5) is 27.2. The summed E-state index contributed by atoms with van der Waals surface area (Å²) in [6.45, 7) is 1.25. The van der Waals surface area contributed by atoms with Crippen LogP contribution in [0.25, 0.3) is 0 Å². The van der Waals surface area contributed by atoms with E-state index in [2.05, 4.69) is 5.32 Å². The zero-order valence-electron chi connectivity index (χ0n) is 11.7. The Balaban J connectivity index is 2.35. The normalized spacial score (nSPS) is 16.7. The molecule has 2 amide bonds. The van der Waals surface area contributed by atoms with Gasteiger partial charge in [0, 0.05) is 26.2 Å². The molecule has 1 fully saturated rings. The number of carbonyl (C=O) groups is 2. The fourth-order valence-corrected chi connectivity index (χ4v) is 2.26. The lowest BCUT2D eigenvalue weighted by Gasteiger charge is -2.30. The quantitative estimate of drug-likeness (QED) is 0.742. The molecule has 1 saturated carbocycles. The lowest BCUT2D eigenvalue weighted by molar-refractivity contribution is -0.146. The monoisotopic (exact) mass is 255 g/mol. The van der Waals surface area contributed by atoms with Crippen LogP contribution < -0.4 is 5.32 Å². The molecular weight excluding hydrogens is 230 g/mol. The lowest BCUT2D eigenvalue weighted by Crippen LogP contribution is -2.47. The highest BCUT2D eigenvalue weighted by Crippen LogP contribution is 2.21. The number of hydrogen-bond donors (Lipinski definition) is 1. The molecule has 5 heteroatoms. The number of amides is 2. The van der Waals surface area contributed by atoms with Crippen LogP contribution in [0.1, 0.15) is 32.1 Å². The van der Waals surface area contributed by atoms with Gasteiger partial charge in [0.15, 0.2) is 0 Å². The summed E-state index contributed by atoms with van der Waals surface area (Å²) in [5, 5.41) is 2.66. The number of nitrogens with zero attached hydrogens (tertiary/aromatic N) is 2. The van der Waals surface area contributed by atoms with Crippen LogP contribution in [0, 0.1) is 0 Å². The largest absolute Gasteiger partial charge is 0.347 e. The van der Waals surface area contributed by atoms with Gasteiger partial charge in [-0.1, -0.05) is 19.3 Å². The van der Waals surface area contributed by atoms with E-state index in [-0.39, 0.29) is 6.04 Å². The minimum atomic E-state index is -0.482. The summed E-state index contributed by atoms with van der Waals surface area (Å²) < 4.78 is 0. The zero-order chi connectivity index (χ0) is 13.5. The first-order valence-corrected chi connectivity index (χ1v) is 6.72. The fourth-order valence-electron chi connectivity index (χ4n) is 2.26. The summed E-state index contributed by atoms with van der Waals surface area (Å²) >= 11 is 0. The van der Waals surface area contributed by atoms with Gasteiger partial charge >= 0.3 is 11.8 Å². The lowest BCUT2D eigenvalue weighted by atomic mass is 9.94. The van der Waals surface area contributed by atoms with Gasteiger partial charge in [-0.15, -0.1) is 0 Å². The second-order valence-electron chi connectivity index (χ2n) is 5.27. The van der Waals surface area contributed by atoms with Crippen molar-refractivity contribution in [2.75, 3.05) is 34.2 Å². The van der Waals surface area contributed by atoms with Gasteiger partial charge < -0.3 is 15.1 Å². The molecular formula is C13H25N3O2. The Kier molecular flexibility index (Phi) is 6.12. The van der Waals surface area contributed by atoms with Gasteiger partial charge in [-0.2, -0.15) is 0 Å². The summed E-state index contributed by atoms with van der Waals surface area (Å²) in [7, 11) is 5.61. The van der Waals surface area contributed by atoms with Gasteiger partial charge in [0.2, 0.25) is 0 Å². The number of nitrogens with one attached hydrogen (secondary N) is 1. The second-order valence-corrected chi connectivity index (χ2v) is 5.27. The smallest absolute Gasteiger partial charge is 0.311 e. The Morgan fingerprint density at radius 1 is 1.11 bits per heavy atom. The minimum Gasteiger partial charge on any atom is -0.347 e. The van der Waals surface area contributed by atoms with Crippen molar-refractivity contribution in [1.82, 2.24) is 15.1 Å². The Hall–Kier alpha value is -1.10. The highest BCUT2D eigenvalue weighted by molar-refractivity contribution is 6.35. The van der Waals surface area contributed by atoms with Crippen LogP contribution in [0.3, 0.4) is 0 Å². The molecule has 0 bridgehead atoms. The molecule has 1 aliphatic carbocycles. The van der Waals surface area contributed by atoms with Crippen molar-refractivity contribution < 1.29 is 9.59 Å². The summed E-state index contributed by atoms with van der Waals surface area (Å²) in [6.07, 6.45) is 5.60. The SMILES string of the molecule is CN(C)CCNC(=O)C(=O)N(C)C1CCCCC1. The third-order valence-electron chi connectivity index (χ3n) is 3.48. The summed E-state index contributed by atoms with van der Waals surface area (Å²) in [6, 6.07) is 0.242. The van der Waals surface area contributed by atoms with E-state index >= 15 is 0 Å². The first kappa shape index (κ1) is 15.0. The van der Waals surface area contributed by atoms with Crippen LogP contribution in [0.15, 0.2) is 0 Å². The maximum Gasteiger partial charge on any atom is 0.311 e. The molecule has 0 saturated heterocycles. The van der Waals surface area contributed by atoms with Crippen molar-refractivity contribution in [2.24, 2.45) is 0 Å². The molecule has 18 heavy (non-hydrogen) atoms. The Morgan fingerprint density at radius 3 is 2.28 bits per heavy atom. The van der Waals surface area contributed by atoms with Crippen LogP contribution in [-0.4, -0.2) is 61.9 Å². The molecule has 1 aliphatic rings. The molecule has 0 unspecified atom stereocenters. The third-order valence-corrected chi connectivity index (χ3v) is 3.48. The van der Waals surface area contributed by atoms with Gasteiger partial charge in [-0.05, 0) is 26.9 Å². The molecule has 0 atom stereocenters. The number of hydrogen-bond acceptors (Lipinski definition) is 3. The maximum atomic E-state index is 11.9. The van der Waals surface area contributed by atoms with Gasteiger partial charge in [0.25, 0.3) is 0 Å². The van der Waals surface area contributed by atoms with Crippen LogP contribution in [0.5, 0.6) is 0 Å². The molecule has 0 aromatic heterocycles. The predicted molar refractivity (Wildman–Crippen MR) is 71.2 cm³/mol. The Morgan fingerprint density at radius 2 is 1.72 bits per heavy atom. The van der Waals surface area contributed by atoms with Crippen LogP contribution in [0.4, 0.5) is 0 Å². The standard InChI is InChI=1S/C13H25N3O2/c1-15(2)10-9-14-12(17)13(18)16(3)11-7-5-4-6-8-11/h11H,4-10H2,1-3H3,(H,14,17). The van der Waals surface area contributed by atoms with Crippen molar-refractivity contribution in [1.29, 1.82) is 0 Å². The second kappa shape index (κ2) is 7.36. The van der Waals surface area contributed by atoms with Gasteiger partial charge in [0.05, 0.1) is 0 Å². The molecule has 5 nitrogen and oxygen atoms in total. The van der Waals surface area contributed by atoms with Crippen molar-refractivity contribution in [3.8, 4) is 0 Å². The molecule has 0 spiro atoms. The maximum absolute atomic E-state index is 11.9. The van der Waals surface area contributed by atoms with Crippen LogP contribution in [-0.2, 0) is 9.59 Å². The fraction of sp³-hybridized carbons (Fsp3) is 0.846. The molecule has 0 radical (unpaired) electrons. The molecule has 1 N–H and O–H groups in total. The predicted octanol–water partition coefficient (Wildman–Crippen LogP) is 0.455. The minimum absolute atomic E-state index is 0.242. The van der Waals surface area contributed by atoms with Crippen LogP contribution in [0.2, 0.25) is 0 Å². The highest BCUT2D eigenvalue weighted by Gasteiger charge is 2.26. The molecule has 104 valence electrons. The molecule has 0 aliphatic heterocycles. The van der Waals surface area contributed by atoms with Crippen molar-refractivity contribution in [3.05, 3.63) is 0 Å². The summed E-state index contributed by atoms with van der Waals surface area (Å²) in [5.74, 6) is -0.884. The van der Waals surface area contributed by atoms with E-state index in [1.54, 1.807) is 11.9 Å². The number of carbonyl (C=O) groups excluding carboxylic acids is 2.